The van der Waals surface area contributed by atoms with E-state index < -0.39 is 11.8 Å². The molecule has 0 fully saturated rings. The molecule has 3 aromatic heterocycles. The molecule has 3 amide bonds. The first-order valence-electron chi connectivity index (χ1n) is 12.8. The summed E-state index contributed by atoms with van der Waals surface area (Å²) in [6.07, 6.45) is 3.12. The monoisotopic (exact) mass is 553 g/mol. The van der Waals surface area contributed by atoms with E-state index in [0.29, 0.717) is 11.4 Å². The fourth-order valence-corrected chi connectivity index (χ4v) is 4.23. The number of primary amides is 1. The molecule has 11 heteroatoms. The third kappa shape index (κ3) is 5.55. The molecule has 0 aliphatic carbocycles. The van der Waals surface area contributed by atoms with Crippen molar-refractivity contribution in [1.82, 2.24) is 25.1 Å². The lowest BCUT2D eigenvalue weighted by molar-refractivity contribution is 0.0957. The maximum absolute atomic E-state index is 15.7. The minimum atomic E-state index is -0.897. The van der Waals surface area contributed by atoms with Gasteiger partial charge in [-0.2, -0.15) is 5.10 Å². The van der Waals surface area contributed by atoms with Crippen molar-refractivity contribution < 1.29 is 18.7 Å². The third-order valence-electron chi connectivity index (χ3n) is 6.33. The maximum Gasteiger partial charge on any atom is 0.325 e. The molecule has 5 aromatic rings. The second-order valence-corrected chi connectivity index (χ2v) is 10.3. The van der Waals surface area contributed by atoms with E-state index in [0.717, 1.165) is 21.9 Å². The number of amides is 3. The number of anilines is 2. The molecule has 3 heterocycles. The molecule has 3 N–H and O–H groups in total. The first-order valence-corrected chi connectivity index (χ1v) is 12.8. The summed E-state index contributed by atoms with van der Waals surface area (Å²) < 4.78 is 23.0. The number of urea groups is 1. The van der Waals surface area contributed by atoms with E-state index in [2.05, 4.69) is 15.3 Å². The lowest BCUT2D eigenvalue weighted by Crippen LogP contribution is -2.33. The van der Waals surface area contributed by atoms with Crippen LogP contribution >= 0.6 is 0 Å². The Labute approximate surface area is 235 Å². The number of benzene rings is 2. The van der Waals surface area contributed by atoms with Gasteiger partial charge in [0.2, 0.25) is 0 Å². The highest BCUT2D eigenvalue weighted by atomic mass is 19.1. The minimum Gasteiger partial charge on any atom is -0.457 e. The highest BCUT2D eigenvalue weighted by Crippen LogP contribution is 2.36. The number of aromatic nitrogens is 4. The number of rotatable bonds is 6. The summed E-state index contributed by atoms with van der Waals surface area (Å²) in [5.74, 6) is -0.438. The van der Waals surface area contributed by atoms with E-state index in [9.17, 15) is 9.59 Å². The van der Waals surface area contributed by atoms with Crippen molar-refractivity contribution in [2.24, 2.45) is 5.73 Å². The smallest absolute Gasteiger partial charge is 0.325 e. The lowest BCUT2D eigenvalue weighted by atomic mass is 9.92. The molecule has 0 aliphatic heterocycles. The molecular formula is C30H28FN7O3. The molecule has 208 valence electrons. The lowest BCUT2D eigenvalue weighted by Gasteiger charge is -2.22. The van der Waals surface area contributed by atoms with Crippen molar-refractivity contribution in [1.29, 1.82) is 0 Å². The number of nitrogens with one attached hydrogen (secondary N) is 1. The quantitative estimate of drug-likeness (QED) is 0.281. The first kappa shape index (κ1) is 27.3. The van der Waals surface area contributed by atoms with Crippen molar-refractivity contribution in [3.05, 3.63) is 96.3 Å². The summed E-state index contributed by atoms with van der Waals surface area (Å²) in [6.45, 7) is 5.97. The average molecular weight is 554 g/mol. The van der Waals surface area contributed by atoms with E-state index in [4.69, 9.17) is 15.6 Å². The Morgan fingerprint density at radius 2 is 1.76 bits per heavy atom. The molecule has 0 unspecified atom stereocenters. The van der Waals surface area contributed by atoms with Crippen LogP contribution in [0.1, 0.15) is 37.0 Å². The van der Waals surface area contributed by atoms with Gasteiger partial charge in [0.05, 0.1) is 22.6 Å². The second kappa shape index (κ2) is 10.7. The molecule has 41 heavy (non-hydrogen) atoms. The molecule has 5 rings (SSSR count). The fraction of sp³-hybridized carbons (Fsp3) is 0.167. The summed E-state index contributed by atoms with van der Waals surface area (Å²) in [5, 5.41) is 8.14. The summed E-state index contributed by atoms with van der Waals surface area (Å²) >= 11 is 0. The van der Waals surface area contributed by atoms with E-state index in [1.807, 2.05) is 51.1 Å². The Hall–Kier alpha value is -5.32. The molecule has 0 saturated carbocycles. The number of halogens is 1. The highest BCUT2D eigenvalue weighted by molar-refractivity contribution is 5.98. The Balaban J connectivity index is 1.56. The summed E-state index contributed by atoms with van der Waals surface area (Å²) in [5.41, 5.74) is 7.64. The van der Waals surface area contributed by atoms with Gasteiger partial charge in [0.1, 0.15) is 23.0 Å². The van der Waals surface area contributed by atoms with Gasteiger partial charge in [-0.15, -0.1) is 0 Å². The number of pyridine rings is 2. The van der Waals surface area contributed by atoms with Crippen molar-refractivity contribution >= 4 is 34.3 Å². The van der Waals surface area contributed by atoms with Crippen molar-refractivity contribution in [3.8, 4) is 17.2 Å². The molecule has 0 aliphatic rings. The number of nitrogens with two attached hydrogens (primary N) is 1. The number of nitrogens with zero attached hydrogens (tertiary/aromatic N) is 5. The Morgan fingerprint density at radius 3 is 2.46 bits per heavy atom. The van der Waals surface area contributed by atoms with Crippen LogP contribution in [0.25, 0.3) is 16.6 Å². The van der Waals surface area contributed by atoms with Gasteiger partial charge < -0.3 is 15.8 Å². The van der Waals surface area contributed by atoms with E-state index in [1.54, 1.807) is 23.0 Å². The molecule has 0 radical (unpaired) electrons. The summed E-state index contributed by atoms with van der Waals surface area (Å²) in [7, 11) is 1.49. The van der Waals surface area contributed by atoms with Crippen LogP contribution in [-0.2, 0) is 5.41 Å². The highest BCUT2D eigenvalue weighted by Gasteiger charge is 2.28. The van der Waals surface area contributed by atoms with Crippen LogP contribution in [0, 0.1) is 5.82 Å². The number of fused-ring (bicyclic) bond motifs is 1. The average Bonchev–Trinajstić information content (AvgIpc) is 3.39. The Morgan fingerprint density at radius 1 is 0.976 bits per heavy atom. The van der Waals surface area contributed by atoms with Gasteiger partial charge in [-0.25, -0.2) is 18.8 Å². The predicted molar refractivity (Wildman–Crippen MR) is 153 cm³/mol. The van der Waals surface area contributed by atoms with Gasteiger partial charge in [-0.1, -0.05) is 26.8 Å². The molecule has 0 saturated heterocycles. The third-order valence-corrected chi connectivity index (χ3v) is 6.33. The largest absolute Gasteiger partial charge is 0.457 e. The van der Waals surface area contributed by atoms with Gasteiger partial charge in [0.25, 0.3) is 5.91 Å². The van der Waals surface area contributed by atoms with Gasteiger partial charge in [-0.05, 0) is 42.5 Å². The molecule has 0 atom stereocenters. The van der Waals surface area contributed by atoms with Crippen LogP contribution < -0.4 is 20.7 Å². The van der Waals surface area contributed by atoms with Gasteiger partial charge in [0, 0.05) is 48.4 Å². The number of hydrogen-bond acceptors (Lipinski definition) is 6. The van der Waals surface area contributed by atoms with Crippen LogP contribution in [-0.4, -0.2) is 38.7 Å². The van der Waals surface area contributed by atoms with Crippen LogP contribution in [0.3, 0.4) is 0 Å². The number of hydrogen-bond donors (Lipinski definition) is 2. The maximum atomic E-state index is 15.7. The van der Waals surface area contributed by atoms with Crippen LogP contribution in [0.5, 0.6) is 11.5 Å². The number of carbonyl (C=O) groups is 2. The van der Waals surface area contributed by atoms with Crippen LogP contribution in [0.15, 0.2) is 79.1 Å². The summed E-state index contributed by atoms with van der Waals surface area (Å²) in [4.78, 5) is 34.2. The SMILES string of the molecule is CNC(=O)c1cc(Oc2ccc(N(C(N)=O)c3cc(C(C)(C)C)nn3-c3ccc4ncccc4c3)c(F)c2)ccn1. The van der Waals surface area contributed by atoms with Gasteiger partial charge >= 0.3 is 6.03 Å². The zero-order chi connectivity index (χ0) is 29.3. The normalized spacial score (nSPS) is 11.3. The predicted octanol–water partition coefficient (Wildman–Crippen LogP) is 5.62. The second-order valence-electron chi connectivity index (χ2n) is 10.3. The van der Waals surface area contributed by atoms with Crippen molar-refractivity contribution in [2.75, 3.05) is 11.9 Å². The molecule has 10 nitrogen and oxygen atoms in total. The standard InChI is InChI=1S/C30H28FN7O3/c1-30(2,3)26-17-27(38(36-26)19-7-9-23-18(14-19)6-5-12-34-23)37(29(32)40)25-10-8-20(15-22(25)31)41-21-11-13-35-24(16-21)28(39)33-4/h5-17H,1-4H3,(H2,32,40)(H,33,39). The van der Waals surface area contributed by atoms with Crippen molar-refractivity contribution in [3.63, 3.8) is 0 Å². The molecule has 0 spiro atoms. The molecule has 2 aromatic carbocycles. The zero-order valence-corrected chi connectivity index (χ0v) is 22.9. The Bertz CT molecular complexity index is 1780. The first-order chi connectivity index (χ1) is 19.5. The number of ether oxygens (including phenoxy) is 1. The molecular weight excluding hydrogens is 525 g/mol. The topological polar surface area (TPSA) is 128 Å². The number of carbonyl (C=O) groups excluding carboxylic acids is 2. The zero-order valence-electron chi connectivity index (χ0n) is 22.9. The van der Waals surface area contributed by atoms with Crippen molar-refractivity contribution in [2.45, 2.75) is 26.2 Å². The molecule has 0 bridgehead atoms. The fourth-order valence-electron chi connectivity index (χ4n) is 4.23. The van der Waals surface area contributed by atoms with Crippen LogP contribution in [0.2, 0.25) is 0 Å². The van der Waals surface area contributed by atoms with E-state index in [-0.39, 0.29) is 40.0 Å². The summed E-state index contributed by atoms with van der Waals surface area (Å²) in [6, 6.07) is 17.2. The van der Waals surface area contributed by atoms with E-state index in [1.165, 1.54) is 31.4 Å². The van der Waals surface area contributed by atoms with Crippen LogP contribution in [0.4, 0.5) is 20.7 Å². The van der Waals surface area contributed by atoms with Gasteiger partial charge in [-0.3, -0.25) is 14.8 Å². The van der Waals surface area contributed by atoms with Gasteiger partial charge in [0.15, 0.2) is 5.82 Å². The van der Waals surface area contributed by atoms with E-state index >= 15 is 4.39 Å². The Kier molecular flexibility index (Phi) is 7.10. The minimum absolute atomic E-state index is 0.0882.